The van der Waals surface area contributed by atoms with E-state index in [0.29, 0.717) is 6.41 Å². The molecule has 0 atom stereocenters. The predicted octanol–water partition coefficient (Wildman–Crippen LogP) is 0.285. The summed E-state index contributed by atoms with van der Waals surface area (Å²) in [5, 5.41) is 8.28. The molecule has 1 N–H and O–H groups in total. The van der Waals surface area contributed by atoms with Crippen LogP contribution in [0.5, 0.6) is 0 Å². The number of amides is 2. The van der Waals surface area contributed by atoms with Crippen molar-refractivity contribution in [2.75, 3.05) is 0 Å². The number of imide groups is 1. The third-order valence-electron chi connectivity index (χ3n) is 1.27. The Hall–Kier alpha value is -1.06. The minimum atomic E-state index is -1.15. The summed E-state index contributed by atoms with van der Waals surface area (Å²) in [6, 6.07) is -0.0278. The summed E-state index contributed by atoms with van der Waals surface area (Å²) in [5.41, 5.74) is 0. The van der Waals surface area contributed by atoms with E-state index in [9.17, 15) is 9.59 Å². The first kappa shape index (κ1) is 6.07. The summed E-state index contributed by atoms with van der Waals surface area (Å²) in [4.78, 5) is 20.9. The molecule has 0 spiro atoms. The van der Waals surface area contributed by atoms with Crippen LogP contribution >= 0.6 is 0 Å². The fraction of sp³-hybridized carbons (Fsp3) is 0.600. The first-order valence-corrected chi connectivity index (χ1v) is 2.72. The van der Waals surface area contributed by atoms with E-state index >= 15 is 0 Å². The molecule has 0 aliphatic heterocycles. The van der Waals surface area contributed by atoms with Crippen LogP contribution in [0.2, 0.25) is 0 Å². The van der Waals surface area contributed by atoms with Crippen molar-refractivity contribution in [3.05, 3.63) is 0 Å². The lowest BCUT2D eigenvalue weighted by Gasteiger charge is -2.07. The van der Waals surface area contributed by atoms with E-state index in [0.717, 1.165) is 17.7 Å². The van der Waals surface area contributed by atoms with Gasteiger partial charge in [-0.2, -0.15) is 0 Å². The van der Waals surface area contributed by atoms with Gasteiger partial charge in [0.2, 0.25) is 6.41 Å². The molecule has 1 fully saturated rings. The first-order chi connectivity index (χ1) is 4.25. The summed E-state index contributed by atoms with van der Waals surface area (Å²) in [6.07, 6.45) is 0.864. The molecule has 50 valence electrons. The lowest BCUT2D eigenvalue weighted by atomic mass is 10.6. The van der Waals surface area contributed by atoms with Crippen LogP contribution in [0, 0.1) is 0 Å². The zero-order chi connectivity index (χ0) is 6.85. The molecule has 0 aromatic rings. The number of carbonyl (C=O) groups excluding carboxylic acids is 1. The molecule has 0 unspecified atom stereocenters. The third-order valence-corrected chi connectivity index (χ3v) is 1.27. The van der Waals surface area contributed by atoms with Crippen LogP contribution in [-0.4, -0.2) is 28.6 Å². The number of carboxylic acid groups (broad SMARTS) is 1. The molecule has 0 aromatic carbocycles. The summed E-state index contributed by atoms with van der Waals surface area (Å²) in [7, 11) is 0. The summed E-state index contributed by atoms with van der Waals surface area (Å²) < 4.78 is 0. The van der Waals surface area contributed by atoms with Crippen LogP contribution in [0.1, 0.15) is 12.8 Å². The maximum Gasteiger partial charge on any atom is 0.414 e. The molecule has 1 aliphatic rings. The molecule has 0 heterocycles. The first-order valence-electron chi connectivity index (χ1n) is 2.72. The van der Waals surface area contributed by atoms with Crippen molar-refractivity contribution in [3.8, 4) is 0 Å². The Balaban J connectivity index is 2.47. The second-order valence-corrected chi connectivity index (χ2v) is 2.03. The molecule has 0 bridgehead atoms. The number of rotatable bonds is 2. The maximum atomic E-state index is 10.1. The molecule has 1 aliphatic carbocycles. The van der Waals surface area contributed by atoms with Crippen molar-refractivity contribution in [2.45, 2.75) is 18.9 Å². The predicted molar refractivity (Wildman–Crippen MR) is 28.9 cm³/mol. The van der Waals surface area contributed by atoms with E-state index < -0.39 is 6.09 Å². The quantitative estimate of drug-likeness (QED) is 0.545. The standard InChI is InChI=1S/C5H7NO3/c7-3-6(5(8)9)4-1-2-4/h3-4H,1-2H2,(H,8,9). The Morgan fingerprint density at radius 1 is 1.67 bits per heavy atom. The third kappa shape index (κ3) is 1.19. The van der Waals surface area contributed by atoms with Gasteiger partial charge in [-0.25, -0.2) is 9.69 Å². The molecular formula is C5H7NO3. The van der Waals surface area contributed by atoms with Gasteiger partial charge in [-0.1, -0.05) is 0 Å². The normalized spacial score (nSPS) is 16.9. The largest absolute Gasteiger partial charge is 0.465 e. The summed E-state index contributed by atoms with van der Waals surface area (Å²) in [5.74, 6) is 0. The minimum Gasteiger partial charge on any atom is -0.465 e. The van der Waals surface area contributed by atoms with Crippen LogP contribution in [0.15, 0.2) is 0 Å². The Kier molecular flexibility index (Phi) is 1.38. The van der Waals surface area contributed by atoms with Gasteiger partial charge in [-0.3, -0.25) is 4.79 Å². The highest BCUT2D eigenvalue weighted by molar-refractivity contribution is 5.79. The van der Waals surface area contributed by atoms with Gasteiger partial charge in [-0.15, -0.1) is 0 Å². The minimum absolute atomic E-state index is 0.0278. The van der Waals surface area contributed by atoms with Gasteiger partial charge in [0.25, 0.3) is 0 Å². The monoisotopic (exact) mass is 129 g/mol. The second kappa shape index (κ2) is 2.05. The van der Waals surface area contributed by atoms with E-state index in [1.165, 1.54) is 0 Å². The molecule has 9 heavy (non-hydrogen) atoms. The molecule has 1 saturated carbocycles. The number of carbonyl (C=O) groups is 2. The van der Waals surface area contributed by atoms with Gasteiger partial charge in [0.1, 0.15) is 0 Å². The molecule has 4 nitrogen and oxygen atoms in total. The van der Waals surface area contributed by atoms with Gasteiger partial charge in [0.05, 0.1) is 0 Å². The number of hydrogen-bond acceptors (Lipinski definition) is 2. The Morgan fingerprint density at radius 3 is 2.33 bits per heavy atom. The molecule has 2 amide bonds. The van der Waals surface area contributed by atoms with Crippen molar-refractivity contribution in [1.29, 1.82) is 0 Å². The van der Waals surface area contributed by atoms with Crippen LogP contribution in [0.4, 0.5) is 4.79 Å². The Bertz CT molecular complexity index is 141. The van der Waals surface area contributed by atoms with Gasteiger partial charge in [0, 0.05) is 6.04 Å². The van der Waals surface area contributed by atoms with Crippen LogP contribution < -0.4 is 0 Å². The Labute approximate surface area is 52.1 Å². The molecule has 0 saturated heterocycles. The van der Waals surface area contributed by atoms with Gasteiger partial charge >= 0.3 is 6.09 Å². The average molecular weight is 129 g/mol. The molecular weight excluding hydrogens is 122 g/mol. The number of nitrogens with zero attached hydrogens (tertiary/aromatic N) is 1. The average Bonchev–Trinajstić information content (AvgIpc) is 2.50. The van der Waals surface area contributed by atoms with Gasteiger partial charge in [-0.05, 0) is 12.8 Å². The highest BCUT2D eigenvalue weighted by Gasteiger charge is 2.31. The van der Waals surface area contributed by atoms with Crippen molar-refractivity contribution in [3.63, 3.8) is 0 Å². The molecule has 0 radical (unpaired) electrons. The summed E-state index contributed by atoms with van der Waals surface area (Å²) >= 11 is 0. The van der Waals surface area contributed by atoms with Crippen LogP contribution in [0.3, 0.4) is 0 Å². The van der Waals surface area contributed by atoms with E-state index in [4.69, 9.17) is 5.11 Å². The zero-order valence-corrected chi connectivity index (χ0v) is 4.78. The van der Waals surface area contributed by atoms with Crippen LogP contribution in [-0.2, 0) is 4.79 Å². The summed E-state index contributed by atoms with van der Waals surface area (Å²) in [6.45, 7) is 0. The molecule has 1 rings (SSSR count). The Morgan fingerprint density at radius 2 is 2.22 bits per heavy atom. The fourth-order valence-electron chi connectivity index (χ4n) is 0.640. The number of hydrogen-bond donors (Lipinski definition) is 1. The van der Waals surface area contributed by atoms with Crippen LogP contribution in [0.25, 0.3) is 0 Å². The van der Waals surface area contributed by atoms with Crippen molar-refractivity contribution in [2.24, 2.45) is 0 Å². The lowest BCUT2D eigenvalue weighted by molar-refractivity contribution is -0.116. The van der Waals surface area contributed by atoms with E-state index in [1.54, 1.807) is 0 Å². The smallest absolute Gasteiger partial charge is 0.414 e. The van der Waals surface area contributed by atoms with Crippen molar-refractivity contribution < 1.29 is 14.7 Å². The topological polar surface area (TPSA) is 57.6 Å². The highest BCUT2D eigenvalue weighted by Crippen LogP contribution is 2.25. The van der Waals surface area contributed by atoms with E-state index in [-0.39, 0.29) is 6.04 Å². The maximum absolute atomic E-state index is 10.1. The van der Waals surface area contributed by atoms with E-state index in [2.05, 4.69) is 0 Å². The van der Waals surface area contributed by atoms with Crippen molar-refractivity contribution in [1.82, 2.24) is 4.90 Å². The fourth-order valence-corrected chi connectivity index (χ4v) is 0.640. The molecule has 0 aromatic heterocycles. The SMILES string of the molecule is O=CN(C(=O)O)C1CC1. The lowest BCUT2D eigenvalue weighted by Crippen LogP contribution is -2.29. The second-order valence-electron chi connectivity index (χ2n) is 2.03. The molecule has 4 heteroatoms. The van der Waals surface area contributed by atoms with Gasteiger partial charge < -0.3 is 5.11 Å². The highest BCUT2D eigenvalue weighted by atomic mass is 16.4. The van der Waals surface area contributed by atoms with Gasteiger partial charge in [0.15, 0.2) is 0 Å². The zero-order valence-electron chi connectivity index (χ0n) is 4.78. The van der Waals surface area contributed by atoms with Crippen molar-refractivity contribution >= 4 is 12.5 Å². The van der Waals surface area contributed by atoms with E-state index in [1.807, 2.05) is 0 Å².